The van der Waals surface area contributed by atoms with Gasteiger partial charge in [0, 0.05) is 10.3 Å². The van der Waals surface area contributed by atoms with Crippen LogP contribution in [-0.4, -0.2) is 11.5 Å². The average molecular weight is 209 g/mol. The van der Waals surface area contributed by atoms with Gasteiger partial charge in [-0.2, -0.15) is 0 Å². The van der Waals surface area contributed by atoms with Gasteiger partial charge < -0.3 is 0 Å². The molecule has 4 rings (SSSR count). The van der Waals surface area contributed by atoms with E-state index in [9.17, 15) is 10.1 Å². The molecule has 0 N–H and O–H groups in total. The molecule has 0 heterocycles. The zero-order valence-corrected chi connectivity index (χ0v) is 9.32. The topological polar surface area (TPSA) is 43.1 Å². The summed E-state index contributed by atoms with van der Waals surface area (Å²) in [5.74, 6) is 3.26. The molecule has 2 atom stereocenters. The smallest absolute Gasteiger partial charge is 0.209 e. The van der Waals surface area contributed by atoms with Crippen LogP contribution in [0, 0.1) is 39.2 Å². The third kappa shape index (κ3) is 1.39. The first-order valence-electron chi connectivity index (χ1n) is 6.20. The van der Waals surface area contributed by atoms with Crippen LogP contribution in [0.2, 0.25) is 0 Å². The van der Waals surface area contributed by atoms with Crippen LogP contribution >= 0.6 is 0 Å². The number of rotatable bonds is 2. The molecule has 0 spiro atoms. The molecule has 0 aliphatic heterocycles. The minimum atomic E-state index is -0.0716. The molecule has 3 heteroatoms. The summed E-state index contributed by atoms with van der Waals surface area (Å²) in [7, 11) is 0. The molecule has 84 valence electrons. The second kappa shape index (κ2) is 2.96. The summed E-state index contributed by atoms with van der Waals surface area (Å²) < 4.78 is 0. The largest absolute Gasteiger partial charge is 0.265 e. The molecule has 3 nitrogen and oxygen atoms in total. The first-order valence-corrected chi connectivity index (χ1v) is 6.20. The van der Waals surface area contributed by atoms with Gasteiger partial charge in [-0.3, -0.25) is 10.1 Å². The quantitative estimate of drug-likeness (QED) is 0.518. The Balaban J connectivity index is 1.85. The summed E-state index contributed by atoms with van der Waals surface area (Å²) in [6.07, 6.45) is 6.15. The van der Waals surface area contributed by atoms with E-state index in [-0.39, 0.29) is 16.9 Å². The molecule has 0 aromatic rings. The summed E-state index contributed by atoms with van der Waals surface area (Å²) in [6.45, 7) is 2.61. The van der Waals surface area contributed by atoms with E-state index in [2.05, 4.69) is 6.92 Å². The number of hydrogen-bond donors (Lipinski definition) is 0. The summed E-state index contributed by atoms with van der Waals surface area (Å²) >= 11 is 0. The van der Waals surface area contributed by atoms with Crippen LogP contribution in [0.3, 0.4) is 0 Å². The highest BCUT2D eigenvalue weighted by atomic mass is 16.6. The summed E-state index contributed by atoms with van der Waals surface area (Å²) in [5.41, 5.74) is 0.104. The fourth-order valence-corrected chi connectivity index (χ4v) is 4.91. The molecule has 4 aliphatic carbocycles. The van der Waals surface area contributed by atoms with E-state index in [1.54, 1.807) is 0 Å². The van der Waals surface area contributed by atoms with E-state index in [0.29, 0.717) is 0 Å². The van der Waals surface area contributed by atoms with Gasteiger partial charge in [0.25, 0.3) is 0 Å². The van der Waals surface area contributed by atoms with Crippen LogP contribution in [0.15, 0.2) is 0 Å². The van der Waals surface area contributed by atoms with Crippen molar-refractivity contribution < 1.29 is 4.92 Å². The number of hydrogen-bond acceptors (Lipinski definition) is 2. The zero-order chi connectivity index (χ0) is 10.6. The zero-order valence-electron chi connectivity index (χ0n) is 9.32. The van der Waals surface area contributed by atoms with Crippen LogP contribution in [-0.2, 0) is 0 Å². The molecule has 15 heavy (non-hydrogen) atoms. The van der Waals surface area contributed by atoms with E-state index < -0.39 is 0 Å². The minimum Gasteiger partial charge on any atom is -0.265 e. The molecule has 0 aromatic carbocycles. The summed E-state index contributed by atoms with van der Waals surface area (Å²) in [6, 6.07) is 0. The molecule has 4 bridgehead atoms. The highest BCUT2D eigenvalue weighted by molar-refractivity contribution is 5.03. The molecule has 4 aliphatic rings. The highest BCUT2D eigenvalue weighted by Crippen LogP contribution is 2.62. The Morgan fingerprint density at radius 3 is 2.40 bits per heavy atom. The second-order valence-electron chi connectivity index (χ2n) is 6.32. The van der Waals surface area contributed by atoms with E-state index in [0.717, 1.165) is 42.9 Å². The molecule has 2 unspecified atom stereocenters. The van der Waals surface area contributed by atoms with Crippen molar-refractivity contribution in [3.8, 4) is 0 Å². The lowest BCUT2D eigenvalue weighted by Gasteiger charge is -2.58. The third-order valence-electron chi connectivity index (χ3n) is 5.34. The standard InChI is InChI=1S/C12H19NO2/c1-8-10-2-9-3-11(8)6-12(4-9,5-10)7-13(14)15/h8-11H,2-7H2,1H3. The van der Waals surface area contributed by atoms with Gasteiger partial charge in [0.2, 0.25) is 6.54 Å². The lowest BCUT2D eigenvalue weighted by Crippen LogP contribution is -2.52. The lowest BCUT2D eigenvalue weighted by molar-refractivity contribution is -0.503. The monoisotopic (exact) mass is 209 g/mol. The first-order chi connectivity index (χ1) is 7.08. The van der Waals surface area contributed by atoms with Crippen molar-refractivity contribution >= 4 is 0 Å². The highest BCUT2D eigenvalue weighted by Gasteiger charge is 2.55. The SMILES string of the molecule is CC1C2CC3CC1CC(C[N+](=O)[O-])(C3)C2. The van der Waals surface area contributed by atoms with Gasteiger partial charge in [0.15, 0.2) is 0 Å². The van der Waals surface area contributed by atoms with E-state index in [4.69, 9.17) is 0 Å². The molecular formula is C12H19NO2. The summed E-state index contributed by atoms with van der Waals surface area (Å²) in [5, 5.41) is 10.8. The van der Waals surface area contributed by atoms with Crippen molar-refractivity contribution in [1.82, 2.24) is 0 Å². The fraction of sp³-hybridized carbons (Fsp3) is 1.00. The Bertz CT molecular complexity index is 286. The predicted molar refractivity (Wildman–Crippen MR) is 57.0 cm³/mol. The van der Waals surface area contributed by atoms with Crippen molar-refractivity contribution in [2.45, 2.75) is 39.0 Å². The van der Waals surface area contributed by atoms with E-state index in [1.165, 1.54) is 12.8 Å². The van der Waals surface area contributed by atoms with Crippen LogP contribution in [0.4, 0.5) is 0 Å². The first kappa shape index (κ1) is 9.61. The number of nitrogens with zero attached hydrogens (tertiary/aromatic N) is 1. The third-order valence-corrected chi connectivity index (χ3v) is 5.34. The van der Waals surface area contributed by atoms with Gasteiger partial charge in [-0.05, 0) is 55.8 Å². The van der Waals surface area contributed by atoms with Crippen molar-refractivity contribution in [1.29, 1.82) is 0 Å². The van der Waals surface area contributed by atoms with Crippen LogP contribution in [0.1, 0.15) is 39.0 Å². The minimum absolute atomic E-state index is 0.0716. The van der Waals surface area contributed by atoms with Crippen molar-refractivity contribution in [3.63, 3.8) is 0 Å². The van der Waals surface area contributed by atoms with Gasteiger partial charge >= 0.3 is 0 Å². The Morgan fingerprint density at radius 2 is 1.87 bits per heavy atom. The Hall–Kier alpha value is -0.600. The molecule has 0 radical (unpaired) electrons. The maximum atomic E-state index is 10.8. The second-order valence-corrected chi connectivity index (χ2v) is 6.32. The fourth-order valence-electron chi connectivity index (χ4n) is 4.91. The van der Waals surface area contributed by atoms with E-state index >= 15 is 0 Å². The van der Waals surface area contributed by atoms with Gasteiger partial charge in [-0.25, -0.2) is 0 Å². The summed E-state index contributed by atoms with van der Waals surface area (Å²) in [4.78, 5) is 10.7. The maximum absolute atomic E-state index is 10.8. The Kier molecular flexibility index (Phi) is 1.89. The number of nitro groups is 1. The van der Waals surface area contributed by atoms with Crippen LogP contribution < -0.4 is 0 Å². The average Bonchev–Trinajstić information content (AvgIpc) is 2.10. The Morgan fingerprint density at radius 1 is 1.27 bits per heavy atom. The van der Waals surface area contributed by atoms with Crippen molar-refractivity contribution in [3.05, 3.63) is 10.1 Å². The van der Waals surface area contributed by atoms with Crippen molar-refractivity contribution in [2.24, 2.45) is 29.1 Å². The molecule has 0 saturated heterocycles. The Labute approximate surface area is 90.4 Å². The van der Waals surface area contributed by atoms with Gasteiger partial charge in [-0.15, -0.1) is 0 Å². The molecule has 4 saturated carbocycles. The molecule has 4 fully saturated rings. The molecule has 0 aromatic heterocycles. The van der Waals surface area contributed by atoms with E-state index in [1.807, 2.05) is 0 Å². The van der Waals surface area contributed by atoms with Crippen LogP contribution in [0.25, 0.3) is 0 Å². The normalized spacial score (nSPS) is 52.1. The molecular weight excluding hydrogens is 190 g/mol. The van der Waals surface area contributed by atoms with Crippen LogP contribution in [0.5, 0.6) is 0 Å². The van der Waals surface area contributed by atoms with Gasteiger partial charge in [0.1, 0.15) is 0 Å². The predicted octanol–water partition coefficient (Wildman–Crippen LogP) is 2.73. The van der Waals surface area contributed by atoms with Crippen molar-refractivity contribution in [2.75, 3.05) is 6.54 Å². The lowest BCUT2D eigenvalue weighted by atomic mass is 9.46. The van der Waals surface area contributed by atoms with Gasteiger partial charge in [-0.1, -0.05) is 6.92 Å². The van der Waals surface area contributed by atoms with Gasteiger partial charge in [0.05, 0.1) is 0 Å². The molecule has 0 amide bonds. The maximum Gasteiger partial charge on any atom is 0.209 e.